The van der Waals surface area contributed by atoms with Gasteiger partial charge in [0.1, 0.15) is 0 Å². The normalized spacial score (nSPS) is 10.5. The van der Waals surface area contributed by atoms with E-state index >= 15 is 0 Å². The Labute approximate surface area is 180 Å². The molecule has 0 radical (unpaired) electrons. The molecule has 1 heterocycles. The smallest absolute Gasteiger partial charge is 0.226 e. The van der Waals surface area contributed by atoms with Crippen LogP contribution in [0.1, 0.15) is 24.5 Å². The molecule has 3 rings (SSSR count). The molecule has 0 spiro atoms. The van der Waals surface area contributed by atoms with Gasteiger partial charge in [-0.15, -0.1) is 11.3 Å². The van der Waals surface area contributed by atoms with E-state index in [1.807, 2.05) is 17.5 Å². The number of thiazole rings is 1. The summed E-state index contributed by atoms with van der Waals surface area (Å²) in [6.07, 6.45) is 1.81. The third kappa shape index (κ3) is 4.91. The monoisotopic (exact) mass is 426 g/mol. The Hall–Kier alpha value is -3.06. The summed E-state index contributed by atoms with van der Waals surface area (Å²) >= 11 is 1.42. The van der Waals surface area contributed by atoms with Gasteiger partial charge in [-0.3, -0.25) is 4.79 Å². The third-order valence-corrected chi connectivity index (χ3v) is 5.57. The molecule has 0 aliphatic heterocycles. The molecule has 0 saturated heterocycles. The number of carbonyl (C=O) groups excluding carboxylic acids is 1. The first-order valence-electron chi connectivity index (χ1n) is 9.72. The zero-order chi connectivity index (χ0) is 21.5. The second kappa shape index (κ2) is 10.1. The van der Waals surface area contributed by atoms with Gasteiger partial charge < -0.3 is 19.5 Å². The van der Waals surface area contributed by atoms with Crippen molar-refractivity contribution in [3.63, 3.8) is 0 Å². The van der Waals surface area contributed by atoms with Crippen LogP contribution in [0.2, 0.25) is 0 Å². The number of carbonyl (C=O) groups is 1. The summed E-state index contributed by atoms with van der Waals surface area (Å²) in [4.78, 5) is 17.0. The van der Waals surface area contributed by atoms with E-state index in [2.05, 4.69) is 41.5 Å². The predicted molar refractivity (Wildman–Crippen MR) is 120 cm³/mol. The fraction of sp³-hybridized carbons (Fsp3) is 0.304. The molecule has 158 valence electrons. The quantitative estimate of drug-likeness (QED) is 0.523. The molecule has 0 saturated carbocycles. The zero-order valence-electron chi connectivity index (χ0n) is 17.7. The van der Waals surface area contributed by atoms with E-state index in [0.29, 0.717) is 35.2 Å². The summed E-state index contributed by atoms with van der Waals surface area (Å²) in [6.45, 7) is 2.13. The van der Waals surface area contributed by atoms with E-state index in [4.69, 9.17) is 14.2 Å². The van der Waals surface area contributed by atoms with Crippen molar-refractivity contribution >= 4 is 22.4 Å². The lowest BCUT2D eigenvalue weighted by atomic mass is 10.1. The highest BCUT2D eigenvalue weighted by molar-refractivity contribution is 7.14. The van der Waals surface area contributed by atoms with Gasteiger partial charge in [0.15, 0.2) is 16.6 Å². The second-order valence-corrected chi connectivity index (χ2v) is 7.49. The average molecular weight is 427 g/mol. The first-order chi connectivity index (χ1) is 14.6. The number of nitrogens with one attached hydrogen (secondary N) is 1. The average Bonchev–Trinajstić information content (AvgIpc) is 3.25. The van der Waals surface area contributed by atoms with Gasteiger partial charge in [-0.25, -0.2) is 4.98 Å². The summed E-state index contributed by atoms with van der Waals surface area (Å²) in [5, 5.41) is 5.43. The Morgan fingerprint density at radius 2 is 1.73 bits per heavy atom. The Bertz CT molecular complexity index is 999. The van der Waals surface area contributed by atoms with Gasteiger partial charge in [0.2, 0.25) is 11.7 Å². The minimum Gasteiger partial charge on any atom is -0.493 e. The van der Waals surface area contributed by atoms with Crippen molar-refractivity contribution in [3.05, 3.63) is 52.9 Å². The van der Waals surface area contributed by atoms with Crippen molar-refractivity contribution in [2.75, 3.05) is 26.6 Å². The number of methoxy groups -OCH3 is 3. The van der Waals surface area contributed by atoms with Crippen LogP contribution in [0.15, 0.2) is 41.8 Å². The largest absolute Gasteiger partial charge is 0.493 e. The van der Waals surface area contributed by atoms with Gasteiger partial charge in [0.05, 0.1) is 27.0 Å². The van der Waals surface area contributed by atoms with Crippen LogP contribution in [0.25, 0.3) is 11.3 Å². The minimum absolute atomic E-state index is 0.103. The molecule has 30 heavy (non-hydrogen) atoms. The number of benzene rings is 2. The summed E-state index contributed by atoms with van der Waals surface area (Å²) in [6, 6.07) is 12.0. The van der Waals surface area contributed by atoms with Crippen LogP contribution in [0.4, 0.5) is 5.13 Å². The number of anilines is 1. The molecule has 0 bridgehead atoms. The lowest BCUT2D eigenvalue weighted by Gasteiger charge is -2.15. The second-order valence-electron chi connectivity index (χ2n) is 6.63. The van der Waals surface area contributed by atoms with Crippen LogP contribution < -0.4 is 19.5 Å². The molecule has 2 aromatic carbocycles. The van der Waals surface area contributed by atoms with Gasteiger partial charge in [0, 0.05) is 17.4 Å². The summed E-state index contributed by atoms with van der Waals surface area (Å²) in [5.74, 6) is 1.59. The van der Waals surface area contributed by atoms with Crippen LogP contribution in [0, 0.1) is 0 Å². The number of aromatic nitrogens is 1. The number of hydrogen-bond donors (Lipinski definition) is 1. The van der Waals surface area contributed by atoms with Gasteiger partial charge >= 0.3 is 0 Å². The fourth-order valence-electron chi connectivity index (χ4n) is 3.16. The van der Waals surface area contributed by atoms with Crippen LogP contribution >= 0.6 is 11.3 Å². The standard InChI is InChI=1S/C23H26N2O4S/c1-5-15-6-8-16(9-7-15)18-14-30-23(24-18)25-20(26)13-11-17-10-12-19(27-2)22(29-4)21(17)28-3/h6-10,12,14H,5,11,13H2,1-4H3,(H,24,25,26). The molecule has 1 N–H and O–H groups in total. The zero-order valence-corrected chi connectivity index (χ0v) is 18.5. The van der Waals surface area contributed by atoms with Gasteiger partial charge in [-0.1, -0.05) is 37.3 Å². The van der Waals surface area contributed by atoms with Crippen molar-refractivity contribution < 1.29 is 19.0 Å². The van der Waals surface area contributed by atoms with E-state index in [0.717, 1.165) is 23.2 Å². The van der Waals surface area contributed by atoms with Crippen LogP contribution in [0.5, 0.6) is 17.2 Å². The van der Waals surface area contributed by atoms with Crippen molar-refractivity contribution in [1.82, 2.24) is 4.98 Å². The Morgan fingerprint density at radius 3 is 2.37 bits per heavy atom. The Balaban J connectivity index is 1.63. The topological polar surface area (TPSA) is 69.7 Å². The minimum atomic E-state index is -0.103. The molecule has 1 aromatic heterocycles. The molecule has 0 aliphatic carbocycles. The molecule has 7 heteroatoms. The number of amides is 1. The molecular formula is C23H26N2O4S. The molecule has 0 aliphatic rings. The first kappa shape index (κ1) is 21.6. The summed E-state index contributed by atoms with van der Waals surface area (Å²) in [5.41, 5.74) is 4.06. The number of aryl methyl sites for hydroxylation is 2. The maximum Gasteiger partial charge on any atom is 0.226 e. The lowest BCUT2D eigenvalue weighted by Crippen LogP contribution is -2.12. The van der Waals surface area contributed by atoms with Gasteiger partial charge in [-0.2, -0.15) is 0 Å². The molecule has 0 atom stereocenters. The Morgan fingerprint density at radius 1 is 1.00 bits per heavy atom. The SMILES string of the molecule is CCc1ccc(-c2csc(NC(=O)CCc3ccc(OC)c(OC)c3OC)n2)cc1. The maximum absolute atomic E-state index is 12.5. The highest BCUT2D eigenvalue weighted by Crippen LogP contribution is 2.40. The molecule has 1 amide bonds. The van der Waals surface area contributed by atoms with E-state index in [1.165, 1.54) is 16.9 Å². The molecule has 3 aromatic rings. The van der Waals surface area contributed by atoms with Crippen molar-refractivity contribution in [2.24, 2.45) is 0 Å². The third-order valence-electron chi connectivity index (χ3n) is 4.82. The van der Waals surface area contributed by atoms with E-state index in [-0.39, 0.29) is 5.91 Å². The molecule has 0 fully saturated rings. The highest BCUT2D eigenvalue weighted by atomic mass is 32.1. The van der Waals surface area contributed by atoms with Crippen molar-refractivity contribution in [2.45, 2.75) is 26.2 Å². The van der Waals surface area contributed by atoms with E-state index in [9.17, 15) is 4.79 Å². The summed E-state index contributed by atoms with van der Waals surface area (Å²) < 4.78 is 16.2. The number of ether oxygens (including phenoxy) is 3. The van der Waals surface area contributed by atoms with E-state index < -0.39 is 0 Å². The number of hydrogen-bond acceptors (Lipinski definition) is 6. The lowest BCUT2D eigenvalue weighted by molar-refractivity contribution is -0.116. The van der Waals surface area contributed by atoms with Crippen LogP contribution in [0.3, 0.4) is 0 Å². The first-order valence-corrected chi connectivity index (χ1v) is 10.6. The molecule has 6 nitrogen and oxygen atoms in total. The predicted octanol–water partition coefficient (Wildman–Crippen LogP) is 4.97. The van der Waals surface area contributed by atoms with Crippen LogP contribution in [-0.4, -0.2) is 32.2 Å². The summed E-state index contributed by atoms with van der Waals surface area (Å²) in [7, 11) is 4.71. The Kier molecular flexibility index (Phi) is 7.30. The fourth-order valence-corrected chi connectivity index (χ4v) is 3.90. The van der Waals surface area contributed by atoms with Gasteiger partial charge in [0.25, 0.3) is 0 Å². The highest BCUT2D eigenvalue weighted by Gasteiger charge is 2.17. The van der Waals surface area contributed by atoms with Crippen molar-refractivity contribution in [1.29, 1.82) is 0 Å². The van der Waals surface area contributed by atoms with Crippen molar-refractivity contribution in [3.8, 4) is 28.5 Å². The molecule has 0 unspecified atom stereocenters. The van der Waals surface area contributed by atoms with Crippen LogP contribution in [-0.2, 0) is 17.6 Å². The maximum atomic E-state index is 12.5. The van der Waals surface area contributed by atoms with Gasteiger partial charge in [-0.05, 0) is 30.0 Å². The van der Waals surface area contributed by atoms with E-state index in [1.54, 1.807) is 21.3 Å². The number of nitrogens with zero attached hydrogens (tertiary/aromatic N) is 1. The number of rotatable bonds is 9. The molecular weight excluding hydrogens is 400 g/mol.